The molecule has 196 valence electrons. The number of aryl methyl sites for hydroxylation is 1. The summed E-state index contributed by atoms with van der Waals surface area (Å²) < 4.78 is 16.9. The van der Waals surface area contributed by atoms with Crippen molar-refractivity contribution in [1.29, 1.82) is 0 Å². The highest BCUT2D eigenvalue weighted by Crippen LogP contribution is 2.45. The van der Waals surface area contributed by atoms with Crippen LogP contribution in [0.5, 0.6) is 0 Å². The van der Waals surface area contributed by atoms with Gasteiger partial charge in [0, 0.05) is 11.8 Å². The number of benzene rings is 1. The van der Waals surface area contributed by atoms with Crippen molar-refractivity contribution >= 4 is 7.60 Å². The van der Waals surface area contributed by atoms with Gasteiger partial charge in [0.05, 0.1) is 30.4 Å². The largest absolute Gasteiger partial charge is 0.332 e. The van der Waals surface area contributed by atoms with Crippen LogP contribution in [0.1, 0.15) is 115 Å². The molecule has 2 rings (SSSR count). The molecule has 35 heavy (non-hydrogen) atoms. The molecule has 1 aromatic heterocycles. The van der Waals surface area contributed by atoms with Gasteiger partial charge in [0.2, 0.25) is 0 Å². The highest BCUT2D eigenvalue weighted by molar-refractivity contribution is 7.51. The maximum absolute atomic E-state index is 11.9. The van der Waals surface area contributed by atoms with Crippen LogP contribution in [-0.4, -0.2) is 21.5 Å². The molecule has 0 aliphatic carbocycles. The Morgan fingerprint density at radius 3 is 1.77 bits per heavy atom. The van der Waals surface area contributed by atoms with E-state index in [1.807, 2.05) is 36.7 Å². The van der Waals surface area contributed by atoms with E-state index in [-0.39, 0.29) is 12.8 Å². The number of nitrogens with zero attached hydrogens (tertiary/aromatic N) is 2. The van der Waals surface area contributed by atoms with Crippen molar-refractivity contribution in [2.75, 3.05) is 6.61 Å². The summed E-state index contributed by atoms with van der Waals surface area (Å²) in [5, 5.41) is 0. The van der Waals surface area contributed by atoms with Crippen molar-refractivity contribution in [2.45, 2.75) is 116 Å². The average molecular weight is 503 g/mol. The molecule has 1 N–H and O–H groups in total. The van der Waals surface area contributed by atoms with E-state index in [1.165, 1.54) is 89.9 Å². The molecule has 0 fully saturated rings. The molecule has 1 heterocycles. The standard InChI is InChI=1S/C29H47N2O3P/c1-3-5-6-7-8-9-10-11-12-13-14-15-16-17-18-28-23-31-29(24-30-28)27-21-19-26(20-22-27)25-35(32,33)34-4-2/h19-24H,3-18,25H2,1-2H3,(H,32,33). The van der Waals surface area contributed by atoms with E-state index in [2.05, 4.69) is 16.9 Å². The van der Waals surface area contributed by atoms with Crippen LogP contribution >= 0.6 is 7.60 Å². The Bertz CT molecular complexity index is 840. The fourth-order valence-corrected chi connectivity index (χ4v) is 5.56. The Labute approximate surface area is 213 Å². The van der Waals surface area contributed by atoms with Gasteiger partial charge in [0.25, 0.3) is 0 Å². The summed E-state index contributed by atoms with van der Waals surface area (Å²) in [5.74, 6) is 0. The molecule has 0 spiro atoms. The van der Waals surface area contributed by atoms with Crippen molar-refractivity contribution in [3.05, 3.63) is 47.9 Å². The summed E-state index contributed by atoms with van der Waals surface area (Å²) in [6, 6.07) is 7.53. The molecule has 5 nitrogen and oxygen atoms in total. The normalized spacial score (nSPS) is 13.1. The first-order valence-electron chi connectivity index (χ1n) is 13.9. The van der Waals surface area contributed by atoms with E-state index < -0.39 is 7.60 Å². The number of aromatic nitrogens is 2. The predicted octanol–water partition coefficient (Wildman–Crippen LogP) is 8.89. The average Bonchev–Trinajstić information content (AvgIpc) is 2.85. The van der Waals surface area contributed by atoms with Crippen molar-refractivity contribution in [1.82, 2.24) is 9.97 Å². The van der Waals surface area contributed by atoms with Crippen LogP contribution in [0, 0.1) is 0 Å². The highest BCUT2D eigenvalue weighted by atomic mass is 31.2. The molecule has 0 bridgehead atoms. The second kappa shape index (κ2) is 17.8. The molecule has 0 aliphatic rings. The Morgan fingerprint density at radius 2 is 1.29 bits per heavy atom. The van der Waals surface area contributed by atoms with Gasteiger partial charge in [-0.3, -0.25) is 14.5 Å². The Hall–Kier alpha value is -1.55. The summed E-state index contributed by atoms with van der Waals surface area (Å²) in [6.45, 7) is 4.22. The first-order valence-corrected chi connectivity index (χ1v) is 15.7. The lowest BCUT2D eigenvalue weighted by Crippen LogP contribution is -1.95. The minimum Gasteiger partial charge on any atom is -0.324 e. The molecule has 0 radical (unpaired) electrons. The van der Waals surface area contributed by atoms with E-state index >= 15 is 0 Å². The third-order valence-electron chi connectivity index (χ3n) is 6.45. The van der Waals surface area contributed by atoms with Crippen molar-refractivity contribution in [3.8, 4) is 11.3 Å². The minimum absolute atomic E-state index is 0.0188. The SMILES string of the molecule is CCCCCCCCCCCCCCCCc1cnc(-c2ccc(CP(=O)(O)OCC)cc2)cn1. The second-order valence-electron chi connectivity index (χ2n) is 9.65. The fourth-order valence-electron chi connectivity index (χ4n) is 4.39. The van der Waals surface area contributed by atoms with Crippen molar-refractivity contribution in [2.24, 2.45) is 0 Å². The van der Waals surface area contributed by atoms with Crippen LogP contribution in [0.4, 0.5) is 0 Å². The minimum atomic E-state index is -3.57. The molecule has 1 unspecified atom stereocenters. The number of rotatable bonds is 20. The second-order valence-corrected chi connectivity index (χ2v) is 11.5. The molecule has 2 aromatic rings. The zero-order valence-electron chi connectivity index (χ0n) is 22.1. The quantitative estimate of drug-likeness (QED) is 0.145. The Morgan fingerprint density at radius 1 is 0.743 bits per heavy atom. The fraction of sp³-hybridized carbons (Fsp3) is 0.655. The number of hydrogen-bond acceptors (Lipinski definition) is 4. The van der Waals surface area contributed by atoms with Crippen molar-refractivity contribution in [3.63, 3.8) is 0 Å². The maximum Gasteiger partial charge on any atom is 0.332 e. The van der Waals surface area contributed by atoms with E-state index in [9.17, 15) is 9.46 Å². The Kier molecular flexibility index (Phi) is 15.1. The molecular weight excluding hydrogens is 455 g/mol. The third kappa shape index (κ3) is 13.4. The molecule has 1 aromatic carbocycles. The lowest BCUT2D eigenvalue weighted by molar-refractivity contribution is 0.272. The van der Waals surface area contributed by atoms with Crippen LogP contribution in [0.3, 0.4) is 0 Å². The zero-order chi connectivity index (χ0) is 25.2. The van der Waals surface area contributed by atoms with Gasteiger partial charge >= 0.3 is 7.60 Å². The summed E-state index contributed by atoms with van der Waals surface area (Å²) in [4.78, 5) is 19.0. The molecule has 0 saturated heterocycles. The van der Waals surface area contributed by atoms with Gasteiger partial charge in [-0.25, -0.2) is 0 Å². The summed E-state index contributed by atoms with van der Waals surface area (Å²) in [6.07, 6.45) is 23.9. The van der Waals surface area contributed by atoms with Gasteiger partial charge < -0.3 is 9.42 Å². The monoisotopic (exact) mass is 502 g/mol. The van der Waals surface area contributed by atoms with Crippen LogP contribution < -0.4 is 0 Å². The van der Waals surface area contributed by atoms with Crippen LogP contribution in [0.15, 0.2) is 36.7 Å². The van der Waals surface area contributed by atoms with Crippen molar-refractivity contribution < 1.29 is 14.0 Å². The maximum atomic E-state index is 11.9. The van der Waals surface area contributed by atoms with E-state index in [1.54, 1.807) is 6.92 Å². The number of hydrogen-bond donors (Lipinski definition) is 1. The predicted molar refractivity (Wildman–Crippen MR) is 147 cm³/mol. The molecule has 0 saturated carbocycles. The molecule has 1 atom stereocenters. The summed E-state index contributed by atoms with van der Waals surface area (Å²) in [5.41, 5.74) is 3.59. The summed E-state index contributed by atoms with van der Waals surface area (Å²) in [7, 11) is -3.57. The van der Waals surface area contributed by atoms with Gasteiger partial charge in [-0.05, 0) is 25.3 Å². The number of unbranched alkanes of at least 4 members (excludes halogenated alkanes) is 13. The van der Waals surface area contributed by atoms with Gasteiger partial charge in [0.15, 0.2) is 0 Å². The first kappa shape index (κ1) is 29.7. The third-order valence-corrected chi connectivity index (χ3v) is 7.88. The van der Waals surface area contributed by atoms with Gasteiger partial charge in [-0.1, -0.05) is 115 Å². The highest BCUT2D eigenvalue weighted by Gasteiger charge is 2.19. The van der Waals surface area contributed by atoms with E-state index in [0.717, 1.165) is 28.9 Å². The van der Waals surface area contributed by atoms with E-state index in [0.29, 0.717) is 0 Å². The zero-order valence-corrected chi connectivity index (χ0v) is 23.0. The lowest BCUT2D eigenvalue weighted by Gasteiger charge is -2.11. The summed E-state index contributed by atoms with van der Waals surface area (Å²) >= 11 is 0. The van der Waals surface area contributed by atoms with Crippen LogP contribution in [-0.2, 0) is 21.7 Å². The lowest BCUT2D eigenvalue weighted by atomic mass is 10.0. The van der Waals surface area contributed by atoms with Gasteiger partial charge in [-0.2, -0.15) is 0 Å². The first-order chi connectivity index (χ1) is 17.0. The molecular formula is C29H47N2O3P. The molecule has 0 amide bonds. The van der Waals surface area contributed by atoms with E-state index in [4.69, 9.17) is 4.52 Å². The van der Waals surface area contributed by atoms with Crippen LogP contribution in [0.2, 0.25) is 0 Å². The van der Waals surface area contributed by atoms with Crippen LogP contribution in [0.25, 0.3) is 11.3 Å². The van der Waals surface area contributed by atoms with Gasteiger partial charge in [-0.15, -0.1) is 0 Å². The molecule has 6 heteroatoms. The smallest absolute Gasteiger partial charge is 0.324 e. The Balaban J connectivity index is 1.55. The van der Waals surface area contributed by atoms with Gasteiger partial charge in [0.1, 0.15) is 0 Å². The molecule has 0 aliphatic heterocycles. The topological polar surface area (TPSA) is 72.3 Å².